The van der Waals surface area contributed by atoms with Crippen molar-refractivity contribution in [3.63, 3.8) is 0 Å². The molecule has 29 heavy (non-hydrogen) atoms. The number of nitrogens with zero attached hydrogens (tertiary/aromatic N) is 8. The lowest BCUT2D eigenvalue weighted by Gasteiger charge is -2.17. The molecule has 0 saturated carbocycles. The molecule has 0 saturated heterocycles. The third kappa shape index (κ3) is 2.69. The largest absolute Gasteiger partial charge is 0.332 e. The van der Waals surface area contributed by atoms with E-state index in [0.717, 1.165) is 26.9 Å². The average molecular weight is 475 g/mol. The predicted octanol–water partition coefficient (Wildman–Crippen LogP) is 1.20. The highest BCUT2D eigenvalue weighted by atomic mass is 79.9. The fourth-order valence-corrected chi connectivity index (χ4v) is 5.17. The summed E-state index contributed by atoms with van der Waals surface area (Å²) in [4.78, 5) is 33.5. The molecule has 5 heterocycles. The van der Waals surface area contributed by atoms with Gasteiger partial charge in [0.1, 0.15) is 0 Å². The monoisotopic (exact) mass is 474 g/mol. The van der Waals surface area contributed by atoms with Crippen LogP contribution in [0.4, 0.5) is 0 Å². The van der Waals surface area contributed by atoms with Crippen molar-refractivity contribution in [3.05, 3.63) is 50.1 Å². The summed E-state index contributed by atoms with van der Waals surface area (Å²) in [6.07, 6.45) is 3.47. The van der Waals surface area contributed by atoms with Gasteiger partial charge >= 0.3 is 5.69 Å². The normalized spacial score (nSPS) is 15.9. The van der Waals surface area contributed by atoms with Crippen molar-refractivity contribution in [3.8, 4) is 11.4 Å². The zero-order valence-corrected chi connectivity index (χ0v) is 17.9. The smallest absolute Gasteiger partial charge is 0.302 e. The molecule has 10 nitrogen and oxygen atoms in total. The number of aryl methyl sites for hydroxylation is 1. The van der Waals surface area contributed by atoms with Gasteiger partial charge in [-0.3, -0.25) is 23.5 Å². The quantitative estimate of drug-likeness (QED) is 0.410. The van der Waals surface area contributed by atoms with Crippen LogP contribution in [-0.4, -0.2) is 44.2 Å². The second-order valence-corrected chi connectivity index (χ2v) is 8.45. The van der Waals surface area contributed by atoms with Crippen LogP contribution in [0.2, 0.25) is 0 Å². The summed E-state index contributed by atoms with van der Waals surface area (Å²) < 4.78 is 6.95. The minimum Gasteiger partial charge on any atom is -0.302 e. The lowest BCUT2D eigenvalue weighted by molar-refractivity contribution is 0.461. The molecular formula is C17H15BrN8O2S. The number of hydrogen-bond acceptors (Lipinski definition) is 7. The van der Waals surface area contributed by atoms with Crippen LogP contribution in [0.3, 0.4) is 0 Å². The SMILES string of the molecule is Cn1c(=O)c2nc(Br)n(CC3CSc4nnc(-c5cccnc5)n43)c2n(C)c1=O. The van der Waals surface area contributed by atoms with Crippen LogP contribution in [0.25, 0.3) is 22.6 Å². The topological polar surface area (TPSA) is 105 Å². The Morgan fingerprint density at radius 3 is 2.83 bits per heavy atom. The molecule has 0 bridgehead atoms. The van der Waals surface area contributed by atoms with Gasteiger partial charge in [0.15, 0.2) is 26.9 Å². The Hall–Kier alpha value is -2.73. The second kappa shape index (κ2) is 6.66. The lowest BCUT2D eigenvalue weighted by Crippen LogP contribution is -2.37. The van der Waals surface area contributed by atoms with Crippen LogP contribution < -0.4 is 11.2 Å². The molecule has 0 amide bonds. The molecule has 1 unspecified atom stereocenters. The van der Waals surface area contributed by atoms with Gasteiger partial charge in [-0.25, -0.2) is 9.78 Å². The van der Waals surface area contributed by atoms with Crippen LogP contribution in [0, 0.1) is 0 Å². The Bertz CT molecular complexity index is 1370. The molecule has 1 aliphatic rings. The van der Waals surface area contributed by atoms with E-state index in [1.54, 1.807) is 31.2 Å². The highest BCUT2D eigenvalue weighted by Crippen LogP contribution is 2.37. The predicted molar refractivity (Wildman–Crippen MR) is 111 cm³/mol. The molecule has 0 radical (unpaired) electrons. The van der Waals surface area contributed by atoms with E-state index in [0.29, 0.717) is 16.9 Å². The first kappa shape index (κ1) is 18.3. The molecule has 148 valence electrons. The number of pyridine rings is 1. The van der Waals surface area contributed by atoms with Crippen molar-refractivity contribution in [2.24, 2.45) is 14.1 Å². The maximum Gasteiger partial charge on any atom is 0.332 e. The van der Waals surface area contributed by atoms with Crippen molar-refractivity contribution in [2.75, 3.05) is 5.75 Å². The minimum atomic E-state index is -0.413. The van der Waals surface area contributed by atoms with E-state index in [2.05, 4.69) is 40.7 Å². The van der Waals surface area contributed by atoms with Crippen molar-refractivity contribution in [1.82, 2.24) is 38.4 Å². The number of aromatic nitrogens is 8. The van der Waals surface area contributed by atoms with E-state index in [4.69, 9.17) is 0 Å². The first-order valence-corrected chi connectivity index (χ1v) is 10.5. The first-order valence-electron chi connectivity index (χ1n) is 8.77. The van der Waals surface area contributed by atoms with Crippen molar-refractivity contribution >= 4 is 38.9 Å². The standard InChI is InChI=1S/C17H15BrN8O2S/c1-23-13-11(14(27)24(2)17(23)28)20-15(18)25(13)7-10-8-29-16-22-21-12(26(10)16)9-4-3-5-19-6-9/h3-6,10H,7-8H2,1-2H3. The first-order chi connectivity index (χ1) is 14.0. The molecule has 0 fully saturated rings. The van der Waals surface area contributed by atoms with E-state index in [1.165, 1.54) is 11.6 Å². The Labute approximate surface area is 176 Å². The van der Waals surface area contributed by atoms with Gasteiger partial charge in [0.05, 0.1) is 6.04 Å². The van der Waals surface area contributed by atoms with Crippen LogP contribution in [0.5, 0.6) is 0 Å². The fraction of sp³-hybridized carbons (Fsp3) is 0.294. The van der Waals surface area contributed by atoms with Gasteiger partial charge in [-0.1, -0.05) is 11.8 Å². The van der Waals surface area contributed by atoms with Crippen LogP contribution in [-0.2, 0) is 20.6 Å². The third-order valence-corrected chi connectivity index (χ3v) is 6.73. The molecule has 12 heteroatoms. The molecule has 5 rings (SSSR count). The minimum absolute atomic E-state index is 0.0214. The number of hydrogen-bond donors (Lipinski definition) is 0. The Morgan fingerprint density at radius 2 is 2.07 bits per heavy atom. The van der Waals surface area contributed by atoms with Crippen LogP contribution in [0.15, 0.2) is 44.0 Å². The number of imidazole rings is 1. The number of fused-ring (bicyclic) bond motifs is 2. The maximum atomic E-state index is 12.5. The Kier molecular flexibility index (Phi) is 4.21. The highest BCUT2D eigenvalue weighted by Gasteiger charge is 2.30. The number of halogens is 1. The molecule has 1 atom stereocenters. The van der Waals surface area contributed by atoms with Crippen molar-refractivity contribution < 1.29 is 0 Å². The molecule has 4 aromatic heterocycles. The van der Waals surface area contributed by atoms with Gasteiger partial charge in [-0.15, -0.1) is 10.2 Å². The Balaban J connectivity index is 1.64. The van der Waals surface area contributed by atoms with E-state index in [1.807, 2.05) is 16.7 Å². The summed E-state index contributed by atoms with van der Waals surface area (Å²) in [6, 6.07) is 3.83. The fourth-order valence-electron chi connectivity index (χ4n) is 3.61. The molecule has 0 N–H and O–H groups in total. The summed E-state index contributed by atoms with van der Waals surface area (Å²) in [6.45, 7) is 0.503. The summed E-state index contributed by atoms with van der Waals surface area (Å²) in [5.74, 6) is 1.54. The van der Waals surface area contributed by atoms with Gasteiger partial charge in [0.25, 0.3) is 5.56 Å². The summed E-state index contributed by atoms with van der Waals surface area (Å²) >= 11 is 5.08. The zero-order chi connectivity index (χ0) is 20.3. The summed E-state index contributed by atoms with van der Waals surface area (Å²) in [7, 11) is 3.09. The molecule has 1 aliphatic heterocycles. The summed E-state index contributed by atoms with van der Waals surface area (Å²) in [5.41, 5.74) is 0.819. The van der Waals surface area contributed by atoms with Gasteiger partial charge < -0.3 is 4.57 Å². The van der Waals surface area contributed by atoms with Crippen LogP contribution in [0.1, 0.15) is 6.04 Å². The van der Waals surface area contributed by atoms with Gasteiger partial charge in [0, 0.05) is 44.4 Å². The van der Waals surface area contributed by atoms with Crippen molar-refractivity contribution in [1.29, 1.82) is 0 Å². The molecule has 0 aliphatic carbocycles. The third-order valence-electron chi connectivity index (χ3n) is 5.04. The molecule has 0 aromatic carbocycles. The maximum absolute atomic E-state index is 12.5. The van der Waals surface area contributed by atoms with Gasteiger partial charge in [0.2, 0.25) is 0 Å². The van der Waals surface area contributed by atoms with Crippen molar-refractivity contribution in [2.45, 2.75) is 17.7 Å². The number of thioether (sulfide) groups is 1. The summed E-state index contributed by atoms with van der Waals surface area (Å²) in [5, 5.41) is 9.47. The van der Waals surface area contributed by atoms with Gasteiger partial charge in [-0.2, -0.15) is 0 Å². The average Bonchev–Trinajstić information content (AvgIpc) is 3.41. The lowest BCUT2D eigenvalue weighted by atomic mass is 10.2. The molecular weight excluding hydrogens is 460 g/mol. The second-order valence-electron chi connectivity index (χ2n) is 6.75. The number of rotatable bonds is 3. The Morgan fingerprint density at radius 1 is 1.24 bits per heavy atom. The van der Waals surface area contributed by atoms with E-state index >= 15 is 0 Å². The van der Waals surface area contributed by atoms with E-state index < -0.39 is 11.2 Å². The zero-order valence-electron chi connectivity index (χ0n) is 15.5. The van der Waals surface area contributed by atoms with E-state index in [9.17, 15) is 9.59 Å². The van der Waals surface area contributed by atoms with Crippen LogP contribution >= 0.6 is 27.7 Å². The van der Waals surface area contributed by atoms with E-state index in [-0.39, 0.29) is 11.6 Å². The molecule has 0 spiro atoms. The molecule has 4 aromatic rings. The van der Waals surface area contributed by atoms with Gasteiger partial charge in [-0.05, 0) is 28.1 Å². The highest BCUT2D eigenvalue weighted by molar-refractivity contribution is 9.10.